The first-order valence-corrected chi connectivity index (χ1v) is 8.80. The number of benzene rings is 2. The smallest absolute Gasteiger partial charge is 0.335 e. The molecular formula is C21H22N4O2. The lowest BCUT2D eigenvalue weighted by molar-refractivity contribution is 0.0697. The molecule has 2 aromatic carbocycles. The molecule has 3 aromatic rings. The fourth-order valence-electron chi connectivity index (χ4n) is 2.73. The summed E-state index contributed by atoms with van der Waals surface area (Å²) in [6.07, 6.45) is 0. The summed E-state index contributed by atoms with van der Waals surface area (Å²) in [5.41, 5.74) is 3.08. The van der Waals surface area contributed by atoms with Crippen LogP contribution in [0.1, 0.15) is 28.5 Å². The van der Waals surface area contributed by atoms with Crippen LogP contribution in [0.2, 0.25) is 0 Å². The highest BCUT2D eigenvalue weighted by atomic mass is 16.4. The zero-order chi connectivity index (χ0) is 19.2. The number of hydrogen-bond acceptors (Lipinski definition) is 5. The van der Waals surface area contributed by atoms with Gasteiger partial charge in [0.05, 0.1) is 5.56 Å². The molecule has 0 saturated carbocycles. The molecule has 0 atom stereocenters. The molecule has 0 aliphatic carbocycles. The summed E-state index contributed by atoms with van der Waals surface area (Å²) >= 11 is 0. The van der Waals surface area contributed by atoms with Gasteiger partial charge in [0.1, 0.15) is 5.82 Å². The van der Waals surface area contributed by atoms with Crippen LogP contribution in [-0.2, 0) is 6.54 Å². The Morgan fingerprint density at radius 2 is 1.78 bits per heavy atom. The quantitative estimate of drug-likeness (QED) is 0.654. The van der Waals surface area contributed by atoms with Crippen molar-refractivity contribution >= 4 is 23.4 Å². The van der Waals surface area contributed by atoms with Crippen LogP contribution in [0.5, 0.6) is 0 Å². The van der Waals surface area contributed by atoms with Gasteiger partial charge in [-0.3, -0.25) is 0 Å². The molecule has 0 radical (unpaired) electrons. The molecule has 0 unspecified atom stereocenters. The number of aromatic nitrogens is 2. The van der Waals surface area contributed by atoms with Crippen molar-refractivity contribution in [2.45, 2.75) is 20.4 Å². The minimum absolute atomic E-state index is 0.250. The number of carbonyl (C=O) groups is 1. The van der Waals surface area contributed by atoms with Crippen molar-refractivity contribution in [1.82, 2.24) is 9.97 Å². The van der Waals surface area contributed by atoms with E-state index in [9.17, 15) is 4.79 Å². The summed E-state index contributed by atoms with van der Waals surface area (Å²) in [5, 5.41) is 12.2. The summed E-state index contributed by atoms with van der Waals surface area (Å²) in [6, 6.07) is 18.7. The van der Waals surface area contributed by atoms with Gasteiger partial charge in [-0.15, -0.1) is 0 Å². The Bertz CT molecular complexity index is 911. The van der Waals surface area contributed by atoms with E-state index < -0.39 is 5.97 Å². The predicted octanol–water partition coefficient (Wildman–Crippen LogP) is 4.25. The number of carboxylic acid groups (broad SMARTS) is 1. The zero-order valence-corrected chi connectivity index (χ0v) is 15.4. The van der Waals surface area contributed by atoms with Crippen molar-refractivity contribution in [2.24, 2.45) is 0 Å². The number of nitrogens with one attached hydrogen (secondary N) is 1. The van der Waals surface area contributed by atoms with Crippen molar-refractivity contribution in [3.8, 4) is 0 Å². The van der Waals surface area contributed by atoms with Crippen molar-refractivity contribution < 1.29 is 9.90 Å². The molecule has 6 nitrogen and oxygen atoms in total. The van der Waals surface area contributed by atoms with Crippen LogP contribution in [-0.4, -0.2) is 27.6 Å². The van der Waals surface area contributed by atoms with Gasteiger partial charge in [0.15, 0.2) is 0 Å². The van der Waals surface area contributed by atoms with E-state index in [0.717, 1.165) is 24.5 Å². The molecule has 6 heteroatoms. The van der Waals surface area contributed by atoms with Gasteiger partial charge in [-0.05, 0) is 43.7 Å². The molecule has 0 amide bonds. The van der Waals surface area contributed by atoms with Crippen LogP contribution in [0, 0.1) is 6.92 Å². The van der Waals surface area contributed by atoms with Crippen molar-refractivity contribution in [3.63, 3.8) is 0 Å². The normalized spacial score (nSPS) is 10.4. The van der Waals surface area contributed by atoms with Crippen molar-refractivity contribution in [3.05, 3.63) is 77.5 Å². The number of aromatic carboxylic acids is 1. The zero-order valence-electron chi connectivity index (χ0n) is 15.4. The van der Waals surface area contributed by atoms with E-state index in [4.69, 9.17) is 5.11 Å². The largest absolute Gasteiger partial charge is 0.478 e. The van der Waals surface area contributed by atoms with Gasteiger partial charge >= 0.3 is 5.97 Å². The van der Waals surface area contributed by atoms with Gasteiger partial charge in [-0.2, -0.15) is 4.98 Å². The third kappa shape index (κ3) is 4.82. The Morgan fingerprint density at radius 1 is 1.07 bits per heavy atom. The molecule has 138 valence electrons. The molecule has 0 saturated heterocycles. The summed E-state index contributed by atoms with van der Waals surface area (Å²) < 4.78 is 0. The first kappa shape index (κ1) is 18.4. The van der Waals surface area contributed by atoms with E-state index in [2.05, 4.69) is 39.2 Å². The van der Waals surface area contributed by atoms with E-state index >= 15 is 0 Å². The average Bonchev–Trinajstić information content (AvgIpc) is 2.67. The molecule has 27 heavy (non-hydrogen) atoms. The number of aryl methyl sites for hydroxylation is 1. The van der Waals surface area contributed by atoms with E-state index in [1.807, 2.05) is 31.2 Å². The van der Waals surface area contributed by atoms with E-state index in [1.165, 1.54) is 5.56 Å². The molecule has 2 N–H and O–H groups in total. The number of hydrogen-bond donors (Lipinski definition) is 2. The first-order valence-electron chi connectivity index (χ1n) is 8.80. The molecular weight excluding hydrogens is 340 g/mol. The Morgan fingerprint density at radius 3 is 2.41 bits per heavy atom. The van der Waals surface area contributed by atoms with E-state index in [1.54, 1.807) is 24.3 Å². The van der Waals surface area contributed by atoms with Crippen molar-refractivity contribution in [1.29, 1.82) is 0 Å². The molecule has 0 spiro atoms. The lowest BCUT2D eigenvalue weighted by Crippen LogP contribution is -2.24. The summed E-state index contributed by atoms with van der Waals surface area (Å²) in [7, 11) is 0. The summed E-state index contributed by atoms with van der Waals surface area (Å²) in [5.74, 6) is 0.388. The maximum absolute atomic E-state index is 11.0. The Hall–Kier alpha value is -3.41. The topological polar surface area (TPSA) is 78.4 Å². The van der Waals surface area contributed by atoms with Crippen molar-refractivity contribution in [2.75, 3.05) is 16.8 Å². The minimum Gasteiger partial charge on any atom is -0.478 e. The van der Waals surface area contributed by atoms with Crippen LogP contribution in [0.3, 0.4) is 0 Å². The monoisotopic (exact) mass is 362 g/mol. The first-order chi connectivity index (χ1) is 13.0. The molecule has 1 heterocycles. The van der Waals surface area contributed by atoms with Crippen LogP contribution in [0.4, 0.5) is 17.5 Å². The van der Waals surface area contributed by atoms with Gasteiger partial charge in [0.2, 0.25) is 5.95 Å². The van der Waals surface area contributed by atoms with Crippen LogP contribution >= 0.6 is 0 Å². The highest BCUT2D eigenvalue weighted by molar-refractivity contribution is 5.88. The maximum atomic E-state index is 11.0. The fourth-order valence-corrected chi connectivity index (χ4v) is 2.73. The minimum atomic E-state index is -0.943. The lowest BCUT2D eigenvalue weighted by atomic mass is 10.2. The van der Waals surface area contributed by atoms with E-state index in [0.29, 0.717) is 11.8 Å². The Balaban J connectivity index is 1.81. The molecule has 0 fully saturated rings. The third-order valence-corrected chi connectivity index (χ3v) is 4.13. The number of carboxylic acids is 1. The average molecular weight is 362 g/mol. The highest BCUT2D eigenvalue weighted by Crippen LogP contribution is 2.20. The summed E-state index contributed by atoms with van der Waals surface area (Å²) in [6.45, 7) is 5.52. The number of nitrogens with zero attached hydrogens (tertiary/aromatic N) is 3. The van der Waals surface area contributed by atoms with Gasteiger partial charge in [-0.25, -0.2) is 9.78 Å². The van der Waals surface area contributed by atoms with Crippen LogP contribution < -0.4 is 10.2 Å². The summed E-state index contributed by atoms with van der Waals surface area (Å²) in [4.78, 5) is 22.3. The van der Waals surface area contributed by atoms with Gasteiger partial charge in [0.25, 0.3) is 0 Å². The molecule has 0 aliphatic rings. The van der Waals surface area contributed by atoms with Crippen LogP contribution in [0.25, 0.3) is 0 Å². The van der Waals surface area contributed by atoms with Crippen LogP contribution in [0.15, 0.2) is 60.7 Å². The third-order valence-electron chi connectivity index (χ3n) is 4.13. The SMILES string of the molecule is CCN(Cc1ccccc1)c1nc(C)cc(Nc2ccc(C(=O)O)cc2)n1. The number of anilines is 3. The molecule has 0 bridgehead atoms. The fraction of sp³-hybridized carbons (Fsp3) is 0.190. The maximum Gasteiger partial charge on any atom is 0.335 e. The van der Waals surface area contributed by atoms with Gasteiger partial charge < -0.3 is 15.3 Å². The predicted molar refractivity (Wildman–Crippen MR) is 107 cm³/mol. The Kier molecular flexibility index (Phi) is 5.66. The van der Waals surface area contributed by atoms with E-state index in [-0.39, 0.29) is 5.56 Å². The second kappa shape index (κ2) is 8.31. The number of rotatable bonds is 7. The second-order valence-corrected chi connectivity index (χ2v) is 6.20. The Labute approximate surface area is 158 Å². The van der Waals surface area contributed by atoms with Gasteiger partial charge in [-0.1, -0.05) is 30.3 Å². The standard InChI is InChI=1S/C21H22N4O2/c1-3-25(14-16-7-5-4-6-8-16)21-22-15(2)13-19(24-21)23-18-11-9-17(10-12-18)20(26)27/h4-13H,3,14H2,1-2H3,(H,26,27)(H,22,23,24). The second-order valence-electron chi connectivity index (χ2n) is 6.20. The lowest BCUT2D eigenvalue weighted by Gasteiger charge is -2.22. The van der Waals surface area contributed by atoms with Gasteiger partial charge in [0, 0.05) is 30.5 Å². The molecule has 3 rings (SSSR count). The highest BCUT2D eigenvalue weighted by Gasteiger charge is 2.11. The molecule has 1 aromatic heterocycles. The molecule has 0 aliphatic heterocycles.